The molecule has 0 saturated carbocycles. The molecule has 2 heterocycles. The highest BCUT2D eigenvalue weighted by molar-refractivity contribution is 5.54. The third kappa shape index (κ3) is 3.13. The Morgan fingerprint density at radius 2 is 1.24 bits per heavy atom. The van der Waals surface area contributed by atoms with E-state index in [0.717, 1.165) is 19.6 Å². The van der Waals surface area contributed by atoms with E-state index in [1.807, 2.05) is 0 Å². The number of nitrogens with zero attached hydrogens (tertiary/aromatic N) is 1. The predicted octanol–water partition coefficient (Wildman–Crippen LogP) is 4.62. The predicted molar refractivity (Wildman–Crippen MR) is 120 cm³/mol. The molecular formula is C27H28N2. The molecule has 1 unspecified atom stereocenters. The van der Waals surface area contributed by atoms with E-state index >= 15 is 0 Å². The maximum atomic E-state index is 3.57. The topological polar surface area (TPSA) is 15.3 Å². The monoisotopic (exact) mass is 380 g/mol. The molecule has 3 aromatic rings. The fourth-order valence-electron chi connectivity index (χ4n) is 5.34. The Hall–Kier alpha value is -2.68. The summed E-state index contributed by atoms with van der Waals surface area (Å²) in [6.45, 7) is 3.21. The molecule has 146 valence electrons. The molecule has 2 aliphatic rings. The summed E-state index contributed by atoms with van der Waals surface area (Å²) in [5.74, 6) is 0. The van der Waals surface area contributed by atoms with Gasteiger partial charge in [0.1, 0.15) is 0 Å². The molecule has 1 N–H and O–H groups in total. The second-order valence-corrected chi connectivity index (χ2v) is 8.12. The summed E-state index contributed by atoms with van der Waals surface area (Å²) in [7, 11) is 0. The molecule has 0 bridgehead atoms. The van der Waals surface area contributed by atoms with Crippen LogP contribution in [0.3, 0.4) is 0 Å². The number of hydrogen-bond donors (Lipinski definition) is 1. The van der Waals surface area contributed by atoms with Gasteiger partial charge in [0.2, 0.25) is 0 Å². The van der Waals surface area contributed by atoms with E-state index in [1.165, 1.54) is 23.1 Å². The lowest BCUT2D eigenvalue weighted by atomic mass is 9.64. The van der Waals surface area contributed by atoms with Crippen LogP contribution in [0.15, 0.2) is 103 Å². The van der Waals surface area contributed by atoms with E-state index < -0.39 is 0 Å². The molecule has 0 amide bonds. The van der Waals surface area contributed by atoms with Gasteiger partial charge in [-0.3, -0.25) is 4.90 Å². The lowest BCUT2D eigenvalue weighted by Crippen LogP contribution is -2.53. The van der Waals surface area contributed by atoms with Crippen LogP contribution in [0.25, 0.3) is 0 Å². The van der Waals surface area contributed by atoms with Crippen molar-refractivity contribution in [1.29, 1.82) is 0 Å². The van der Waals surface area contributed by atoms with Gasteiger partial charge in [-0.05, 0) is 29.7 Å². The van der Waals surface area contributed by atoms with Crippen molar-refractivity contribution in [3.05, 3.63) is 120 Å². The molecule has 0 aromatic heterocycles. The normalized spacial score (nSPS) is 22.2. The molecule has 29 heavy (non-hydrogen) atoms. The first-order valence-corrected chi connectivity index (χ1v) is 10.7. The number of nitrogens with one attached hydrogen (secondary N) is 1. The Morgan fingerprint density at radius 3 is 1.69 bits per heavy atom. The Morgan fingerprint density at radius 1 is 0.724 bits per heavy atom. The van der Waals surface area contributed by atoms with Crippen LogP contribution >= 0.6 is 0 Å². The Balaban J connectivity index is 1.77. The number of rotatable bonds is 5. The summed E-state index contributed by atoms with van der Waals surface area (Å²) in [5, 5.41) is 3.57. The highest BCUT2D eigenvalue weighted by Gasteiger charge is 2.48. The molecule has 2 aliphatic heterocycles. The summed E-state index contributed by atoms with van der Waals surface area (Å²) in [6.07, 6.45) is 6.03. The van der Waals surface area contributed by atoms with Gasteiger partial charge in [0.15, 0.2) is 0 Å². The van der Waals surface area contributed by atoms with E-state index in [1.54, 1.807) is 0 Å². The van der Waals surface area contributed by atoms with Crippen molar-refractivity contribution < 1.29 is 0 Å². The van der Waals surface area contributed by atoms with E-state index in [9.17, 15) is 0 Å². The van der Waals surface area contributed by atoms with Crippen LogP contribution in [0.5, 0.6) is 0 Å². The van der Waals surface area contributed by atoms with Gasteiger partial charge in [0.05, 0.1) is 5.41 Å². The first-order chi connectivity index (χ1) is 14.4. The van der Waals surface area contributed by atoms with Crippen LogP contribution in [0.2, 0.25) is 0 Å². The molecule has 3 aromatic carbocycles. The number of benzene rings is 3. The summed E-state index contributed by atoms with van der Waals surface area (Å²) in [6, 6.07) is 34.1. The molecule has 1 fully saturated rings. The first-order valence-electron chi connectivity index (χ1n) is 10.7. The fourth-order valence-corrected chi connectivity index (χ4v) is 5.34. The van der Waals surface area contributed by atoms with Crippen LogP contribution in [-0.2, 0) is 5.41 Å². The highest BCUT2D eigenvalue weighted by atomic mass is 15.2. The molecule has 0 aliphatic carbocycles. The van der Waals surface area contributed by atoms with Gasteiger partial charge in [-0.15, -0.1) is 0 Å². The van der Waals surface area contributed by atoms with Crippen LogP contribution in [0.4, 0.5) is 0 Å². The average Bonchev–Trinajstić information content (AvgIpc) is 3.49. The van der Waals surface area contributed by atoms with E-state index in [4.69, 9.17) is 0 Å². The zero-order chi connectivity index (χ0) is 19.5. The molecule has 5 rings (SSSR count). The maximum absolute atomic E-state index is 3.57. The average molecular weight is 381 g/mol. The lowest BCUT2D eigenvalue weighted by Gasteiger charge is -2.46. The minimum absolute atomic E-state index is 0.251. The first kappa shape index (κ1) is 18.4. The van der Waals surface area contributed by atoms with Crippen molar-refractivity contribution in [1.82, 2.24) is 10.2 Å². The smallest absolute Gasteiger partial charge is 0.0642 e. The van der Waals surface area contributed by atoms with Crippen LogP contribution in [-0.4, -0.2) is 36.6 Å². The Labute approximate surface area is 173 Å². The van der Waals surface area contributed by atoms with Crippen molar-refractivity contribution in [3.8, 4) is 0 Å². The highest BCUT2D eigenvalue weighted by Crippen LogP contribution is 2.46. The van der Waals surface area contributed by atoms with E-state index in [0.29, 0.717) is 6.04 Å². The molecule has 0 radical (unpaired) electrons. The third-order valence-electron chi connectivity index (χ3n) is 6.63. The second kappa shape index (κ2) is 7.98. The van der Waals surface area contributed by atoms with Crippen molar-refractivity contribution in [2.24, 2.45) is 0 Å². The van der Waals surface area contributed by atoms with Crippen molar-refractivity contribution in [3.63, 3.8) is 0 Å². The van der Waals surface area contributed by atoms with Crippen LogP contribution in [0, 0.1) is 0 Å². The van der Waals surface area contributed by atoms with Gasteiger partial charge in [0, 0.05) is 25.2 Å². The maximum Gasteiger partial charge on any atom is 0.0642 e. The second-order valence-electron chi connectivity index (χ2n) is 8.12. The fraction of sp³-hybridized carbons (Fsp3) is 0.259. The molecule has 2 heteroatoms. The minimum Gasteiger partial charge on any atom is -0.315 e. The molecule has 2 nitrogen and oxygen atoms in total. The summed E-state index contributed by atoms with van der Waals surface area (Å²) < 4.78 is 0. The van der Waals surface area contributed by atoms with E-state index in [2.05, 4.69) is 113 Å². The molecule has 1 saturated heterocycles. The Bertz CT molecular complexity index is 847. The van der Waals surface area contributed by atoms with Gasteiger partial charge in [0.25, 0.3) is 0 Å². The molecule has 2 atom stereocenters. The summed E-state index contributed by atoms with van der Waals surface area (Å²) in [5.41, 5.74) is 3.80. The van der Waals surface area contributed by atoms with Gasteiger partial charge in [-0.1, -0.05) is 103 Å². The third-order valence-corrected chi connectivity index (χ3v) is 6.63. The molecule has 0 spiro atoms. The van der Waals surface area contributed by atoms with Gasteiger partial charge in [-0.25, -0.2) is 0 Å². The quantitative estimate of drug-likeness (QED) is 0.513. The Kier molecular flexibility index (Phi) is 5.05. The van der Waals surface area contributed by atoms with E-state index in [-0.39, 0.29) is 11.5 Å². The standard InChI is InChI=1S/C27H28N2/c1-4-11-22(12-5-1)27(23-13-6-2-7-14-23,24-15-8-3-9-16-24)26-17-10-20-29(26)25-18-19-28-21-25/h1-17,25-26,28H,18-21H2/t25?,26-/m1/s1. The molecular weight excluding hydrogens is 352 g/mol. The largest absolute Gasteiger partial charge is 0.315 e. The van der Waals surface area contributed by atoms with Gasteiger partial charge < -0.3 is 5.32 Å². The zero-order valence-electron chi connectivity index (χ0n) is 16.7. The van der Waals surface area contributed by atoms with Crippen LogP contribution < -0.4 is 5.32 Å². The van der Waals surface area contributed by atoms with Crippen molar-refractivity contribution in [2.75, 3.05) is 19.6 Å². The number of hydrogen-bond acceptors (Lipinski definition) is 2. The zero-order valence-corrected chi connectivity index (χ0v) is 16.7. The summed E-state index contributed by atoms with van der Waals surface area (Å²) in [4.78, 5) is 2.72. The summed E-state index contributed by atoms with van der Waals surface area (Å²) >= 11 is 0. The van der Waals surface area contributed by atoms with Crippen molar-refractivity contribution in [2.45, 2.75) is 23.9 Å². The SMILES string of the molecule is C1=C[C@H](C(c2ccccc2)(c2ccccc2)c2ccccc2)N(C2CCNC2)C1. The van der Waals surface area contributed by atoms with Crippen molar-refractivity contribution >= 4 is 0 Å². The lowest BCUT2D eigenvalue weighted by molar-refractivity contribution is 0.168. The minimum atomic E-state index is -0.251. The van der Waals surface area contributed by atoms with Gasteiger partial charge in [-0.2, -0.15) is 0 Å². The van der Waals surface area contributed by atoms with Gasteiger partial charge >= 0.3 is 0 Å². The van der Waals surface area contributed by atoms with Crippen LogP contribution in [0.1, 0.15) is 23.1 Å².